The molecule has 0 fully saturated rings. The Kier molecular flexibility index (Phi) is 5.19. The van der Waals surface area contributed by atoms with E-state index in [0.717, 1.165) is 23.5 Å². The molecule has 1 amide bonds. The van der Waals surface area contributed by atoms with E-state index in [-0.39, 0.29) is 22.9 Å². The number of nitrogens with one attached hydrogen (secondary N) is 1. The molecule has 0 unspecified atom stereocenters. The lowest BCUT2D eigenvalue weighted by molar-refractivity contribution is -0.118. The van der Waals surface area contributed by atoms with Crippen LogP contribution >= 0.6 is 11.3 Å². The molecule has 0 saturated heterocycles. The zero-order valence-corrected chi connectivity index (χ0v) is 12.9. The Balaban J connectivity index is 1.89. The van der Waals surface area contributed by atoms with E-state index < -0.39 is 33.1 Å². The van der Waals surface area contributed by atoms with Gasteiger partial charge in [0, 0.05) is 23.7 Å². The van der Waals surface area contributed by atoms with Crippen LogP contribution in [0.5, 0.6) is 0 Å². The van der Waals surface area contributed by atoms with Gasteiger partial charge in [0.25, 0.3) is 0 Å². The highest BCUT2D eigenvalue weighted by atomic mass is 32.2. The van der Waals surface area contributed by atoms with Crippen LogP contribution in [0.2, 0.25) is 0 Å². The first-order valence-electron chi connectivity index (χ1n) is 6.22. The average Bonchev–Trinajstić information content (AvgIpc) is 2.96. The van der Waals surface area contributed by atoms with Crippen molar-refractivity contribution in [3.8, 4) is 0 Å². The maximum atomic E-state index is 13.4. The van der Waals surface area contributed by atoms with Gasteiger partial charge in [-0.15, -0.1) is 11.3 Å². The predicted molar refractivity (Wildman–Crippen MR) is 77.2 cm³/mol. The van der Waals surface area contributed by atoms with Crippen molar-refractivity contribution in [2.75, 3.05) is 12.3 Å². The summed E-state index contributed by atoms with van der Waals surface area (Å²) in [6.45, 7) is -0.0654. The average molecular weight is 346 g/mol. The van der Waals surface area contributed by atoms with Crippen molar-refractivity contribution >= 4 is 27.1 Å². The standard InChI is InChI=1S/C13H12F2N2O3S2/c14-10-2-1-3-11(15)9(10)4-5-16-12(18)8-22(19,20)13-17-6-7-21-13/h1-3,6-7H,4-5,8H2,(H,16,18). The van der Waals surface area contributed by atoms with Crippen molar-refractivity contribution in [3.05, 3.63) is 47.0 Å². The van der Waals surface area contributed by atoms with Gasteiger partial charge in [-0.25, -0.2) is 22.2 Å². The summed E-state index contributed by atoms with van der Waals surface area (Å²) in [5.41, 5.74) is -0.148. The number of aromatic nitrogens is 1. The molecule has 22 heavy (non-hydrogen) atoms. The molecule has 0 radical (unpaired) electrons. The maximum absolute atomic E-state index is 13.4. The number of carbonyl (C=O) groups is 1. The topological polar surface area (TPSA) is 76.1 Å². The van der Waals surface area contributed by atoms with Gasteiger partial charge in [-0.2, -0.15) is 0 Å². The van der Waals surface area contributed by atoms with E-state index in [1.165, 1.54) is 17.6 Å². The SMILES string of the molecule is O=C(CS(=O)(=O)c1nccs1)NCCc1c(F)cccc1F. The van der Waals surface area contributed by atoms with Crippen LogP contribution in [0.3, 0.4) is 0 Å². The highest BCUT2D eigenvalue weighted by molar-refractivity contribution is 7.93. The molecule has 1 N–H and O–H groups in total. The fourth-order valence-corrected chi connectivity index (χ4v) is 3.83. The van der Waals surface area contributed by atoms with Gasteiger partial charge in [-0.3, -0.25) is 4.79 Å². The van der Waals surface area contributed by atoms with Crippen LogP contribution in [-0.2, 0) is 21.1 Å². The van der Waals surface area contributed by atoms with Gasteiger partial charge in [0.1, 0.15) is 17.4 Å². The highest BCUT2D eigenvalue weighted by Crippen LogP contribution is 2.14. The molecule has 0 atom stereocenters. The minimum Gasteiger partial charge on any atom is -0.355 e. The Labute approximate surface area is 129 Å². The molecule has 0 saturated carbocycles. The number of hydrogen-bond donors (Lipinski definition) is 1. The molecule has 118 valence electrons. The van der Waals surface area contributed by atoms with Crippen molar-refractivity contribution in [2.24, 2.45) is 0 Å². The molecule has 1 aromatic heterocycles. The second-order valence-corrected chi connectivity index (χ2v) is 7.42. The lowest BCUT2D eigenvalue weighted by atomic mass is 10.1. The van der Waals surface area contributed by atoms with Crippen LogP contribution in [-0.4, -0.2) is 31.6 Å². The summed E-state index contributed by atoms with van der Waals surface area (Å²) in [6, 6.07) is 3.48. The number of hydrogen-bond acceptors (Lipinski definition) is 5. The molecular formula is C13H12F2N2O3S2. The number of sulfone groups is 1. The molecule has 0 aliphatic rings. The summed E-state index contributed by atoms with van der Waals surface area (Å²) in [4.78, 5) is 15.3. The number of carbonyl (C=O) groups excluding carboxylic acids is 1. The summed E-state index contributed by atoms with van der Waals surface area (Å²) < 4.78 is 50.2. The summed E-state index contributed by atoms with van der Waals surface area (Å²) >= 11 is 0.918. The monoisotopic (exact) mass is 346 g/mol. The first kappa shape index (κ1) is 16.5. The molecule has 0 spiro atoms. The third-order valence-electron chi connectivity index (χ3n) is 2.76. The number of nitrogens with zero attached hydrogens (tertiary/aromatic N) is 1. The fourth-order valence-electron chi connectivity index (χ4n) is 1.75. The van der Waals surface area contributed by atoms with Gasteiger partial charge in [-0.1, -0.05) is 6.07 Å². The molecule has 0 aliphatic heterocycles. The highest BCUT2D eigenvalue weighted by Gasteiger charge is 2.21. The zero-order valence-electron chi connectivity index (χ0n) is 11.3. The molecule has 5 nitrogen and oxygen atoms in total. The molecule has 0 bridgehead atoms. The molecular weight excluding hydrogens is 334 g/mol. The van der Waals surface area contributed by atoms with E-state index in [0.29, 0.717) is 0 Å². The zero-order chi connectivity index (χ0) is 16.2. The summed E-state index contributed by atoms with van der Waals surface area (Å²) in [7, 11) is -3.78. The van der Waals surface area contributed by atoms with Gasteiger partial charge < -0.3 is 5.32 Å². The quantitative estimate of drug-likeness (QED) is 0.861. The van der Waals surface area contributed by atoms with Gasteiger partial charge in [0.2, 0.25) is 20.1 Å². The van der Waals surface area contributed by atoms with Gasteiger partial charge in [0.05, 0.1) is 0 Å². The third-order valence-corrected chi connectivity index (χ3v) is 5.65. The van der Waals surface area contributed by atoms with Crippen LogP contribution in [0.15, 0.2) is 34.1 Å². The lowest BCUT2D eigenvalue weighted by Gasteiger charge is -2.07. The minimum atomic E-state index is -3.78. The van der Waals surface area contributed by atoms with Gasteiger partial charge in [-0.05, 0) is 18.6 Å². The van der Waals surface area contributed by atoms with Crippen molar-refractivity contribution in [1.82, 2.24) is 10.3 Å². The first-order valence-corrected chi connectivity index (χ1v) is 8.75. The van der Waals surface area contributed by atoms with E-state index >= 15 is 0 Å². The molecule has 1 heterocycles. The molecule has 1 aromatic carbocycles. The first-order chi connectivity index (χ1) is 10.4. The smallest absolute Gasteiger partial charge is 0.235 e. The fraction of sp³-hybridized carbons (Fsp3) is 0.231. The Bertz CT molecular complexity index is 741. The normalized spacial score (nSPS) is 11.4. The largest absolute Gasteiger partial charge is 0.355 e. The number of halogens is 2. The van der Waals surface area contributed by atoms with Gasteiger partial charge in [0.15, 0.2) is 0 Å². The van der Waals surface area contributed by atoms with E-state index in [9.17, 15) is 22.0 Å². The summed E-state index contributed by atoms with van der Waals surface area (Å²) in [6.07, 6.45) is 1.26. The number of amides is 1. The summed E-state index contributed by atoms with van der Waals surface area (Å²) in [5.74, 6) is -2.90. The molecule has 2 rings (SSSR count). The van der Waals surface area contributed by atoms with Crippen molar-refractivity contribution in [2.45, 2.75) is 10.8 Å². The Morgan fingerprint density at radius 2 is 1.95 bits per heavy atom. The molecule has 9 heteroatoms. The number of rotatable bonds is 6. The Morgan fingerprint density at radius 1 is 1.27 bits per heavy atom. The number of benzene rings is 1. The third kappa shape index (κ3) is 4.08. The number of thiazole rings is 1. The van der Waals surface area contributed by atoms with Crippen LogP contribution in [0, 0.1) is 11.6 Å². The van der Waals surface area contributed by atoms with Crippen molar-refractivity contribution in [3.63, 3.8) is 0 Å². The van der Waals surface area contributed by atoms with E-state index in [1.807, 2.05) is 0 Å². The van der Waals surface area contributed by atoms with E-state index in [2.05, 4.69) is 10.3 Å². The summed E-state index contributed by atoms with van der Waals surface area (Å²) in [5, 5.41) is 3.82. The van der Waals surface area contributed by atoms with E-state index in [4.69, 9.17) is 0 Å². The van der Waals surface area contributed by atoms with Crippen molar-refractivity contribution < 1.29 is 22.0 Å². The molecule has 0 aliphatic carbocycles. The van der Waals surface area contributed by atoms with Crippen LogP contribution < -0.4 is 5.32 Å². The molecule has 2 aromatic rings. The predicted octanol–water partition coefficient (Wildman–Crippen LogP) is 1.55. The van der Waals surface area contributed by atoms with Gasteiger partial charge >= 0.3 is 0 Å². The second kappa shape index (κ2) is 6.93. The van der Waals surface area contributed by atoms with Crippen molar-refractivity contribution in [1.29, 1.82) is 0 Å². The van der Waals surface area contributed by atoms with Crippen LogP contribution in [0.1, 0.15) is 5.56 Å². The Morgan fingerprint density at radius 3 is 2.55 bits per heavy atom. The minimum absolute atomic E-state index is 0.0654. The lowest BCUT2D eigenvalue weighted by Crippen LogP contribution is -2.32. The maximum Gasteiger partial charge on any atom is 0.235 e. The van der Waals surface area contributed by atoms with E-state index in [1.54, 1.807) is 0 Å². The van der Waals surface area contributed by atoms with Crippen LogP contribution in [0.4, 0.5) is 8.78 Å². The second-order valence-electron chi connectivity index (χ2n) is 4.36. The Hall–Kier alpha value is -1.87. The van der Waals surface area contributed by atoms with Crippen LogP contribution in [0.25, 0.3) is 0 Å².